The van der Waals surface area contributed by atoms with Crippen molar-refractivity contribution in [2.45, 2.75) is 13.3 Å². The second-order valence-electron chi connectivity index (χ2n) is 4.68. The molecule has 0 aliphatic rings. The molecule has 0 radical (unpaired) electrons. The summed E-state index contributed by atoms with van der Waals surface area (Å²) in [7, 11) is 0. The molecule has 0 aliphatic heterocycles. The highest BCUT2D eigenvalue weighted by atomic mass is 14.7. The smallest absolute Gasteiger partial charge is 0.0456 e. The number of aromatic nitrogens is 1. The maximum atomic E-state index is 6.13. The van der Waals surface area contributed by atoms with E-state index < -0.39 is 0 Å². The summed E-state index contributed by atoms with van der Waals surface area (Å²) in [6.45, 7) is 2.05. The summed E-state index contributed by atoms with van der Waals surface area (Å²) in [6, 6.07) is 14.6. The number of aromatic amines is 1. The van der Waals surface area contributed by atoms with Gasteiger partial charge < -0.3 is 10.7 Å². The molecule has 3 aromatic rings. The van der Waals surface area contributed by atoms with Crippen LogP contribution in [0.4, 0.5) is 5.69 Å². The fourth-order valence-corrected chi connectivity index (χ4v) is 2.38. The third-order valence-electron chi connectivity index (χ3n) is 3.47. The van der Waals surface area contributed by atoms with Crippen LogP contribution < -0.4 is 5.73 Å². The van der Waals surface area contributed by atoms with Crippen LogP contribution in [-0.4, -0.2) is 4.98 Å². The van der Waals surface area contributed by atoms with Gasteiger partial charge in [0.15, 0.2) is 0 Å². The first kappa shape index (κ1) is 10.9. The predicted molar refractivity (Wildman–Crippen MR) is 76.7 cm³/mol. The van der Waals surface area contributed by atoms with Crippen LogP contribution in [0.1, 0.15) is 16.7 Å². The van der Waals surface area contributed by atoms with E-state index >= 15 is 0 Å². The Morgan fingerprint density at radius 1 is 1.00 bits per heavy atom. The average molecular weight is 236 g/mol. The second kappa shape index (κ2) is 4.22. The van der Waals surface area contributed by atoms with E-state index in [2.05, 4.69) is 41.5 Å². The first-order valence-corrected chi connectivity index (χ1v) is 6.14. The molecular formula is C16H16N2. The van der Waals surface area contributed by atoms with Gasteiger partial charge in [-0.05, 0) is 29.7 Å². The highest BCUT2D eigenvalue weighted by molar-refractivity contribution is 5.83. The number of nitrogens with one attached hydrogen (secondary N) is 1. The van der Waals surface area contributed by atoms with Gasteiger partial charge in [-0.15, -0.1) is 0 Å². The van der Waals surface area contributed by atoms with Crippen molar-refractivity contribution in [1.82, 2.24) is 4.98 Å². The molecule has 1 heterocycles. The molecule has 0 spiro atoms. The minimum Gasteiger partial charge on any atom is -0.398 e. The summed E-state index contributed by atoms with van der Waals surface area (Å²) in [6.07, 6.45) is 2.95. The molecule has 1 aromatic heterocycles. The summed E-state index contributed by atoms with van der Waals surface area (Å²) >= 11 is 0. The maximum Gasteiger partial charge on any atom is 0.0456 e. The zero-order chi connectivity index (χ0) is 12.5. The lowest BCUT2D eigenvalue weighted by atomic mass is 10.0. The van der Waals surface area contributed by atoms with E-state index in [4.69, 9.17) is 5.73 Å². The average Bonchev–Trinajstić information content (AvgIpc) is 2.79. The van der Waals surface area contributed by atoms with Crippen LogP contribution in [-0.2, 0) is 6.42 Å². The molecule has 2 aromatic carbocycles. The molecule has 0 fully saturated rings. The van der Waals surface area contributed by atoms with Crippen molar-refractivity contribution >= 4 is 16.6 Å². The van der Waals surface area contributed by atoms with Gasteiger partial charge in [0, 0.05) is 29.2 Å². The van der Waals surface area contributed by atoms with Gasteiger partial charge in [0.2, 0.25) is 0 Å². The summed E-state index contributed by atoms with van der Waals surface area (Å²) < 4.78 is 0. The van der Waals surface area contributed by atoms with E-state index in [1.54, 1.807) is 0 Å². The third-order valence-corrected chi connectivity index (χ3v) is 3.47. The lowest BCUT2D eigenvalue weighted by molar-refractivity contribution is 1.20. The molecule has 0 saturated carbocycles. The number of rotatable bonds is 2. The number of nitrogen functional groups attached to an aromatic ring is 1. The van der Waals surface area contributed by atoms with Crippen LogP contribution in [0.15, 0.2) is 48.7 Å². The number of aryl methyl sites for hydroxylation is 1. The Hall–Kier alpha value is -2.22. The number of fused-ring (bicyclic) bond motifs is 1. The standard InChI is InChI=1S/C16H16N2/c1-11-5-4-6-12(16(11)17)9-13-10-18-15-8-3-2-7-14(13)15/h2-8,10,18H,9,17H2,1H3. The quantitative estimate of drug-likeness (QED) is 0.655. The van der Waals surface area contributed by atoms with Gasteiger partial charge in [0.05, 0.1) is 0 Å². The largest absolute Gasteiger partial charge is 0.398 e. The molecular weight excluding hydrogens is 220 g/mol. The maximum absolute atomic E-state index is 6.13. The third kappa shape index (κ3) is 1.76. The lowest BCUT2D eigenvalue weighted by Gasteiger charge is -2.07. The van der Waals surface area contributed by atoms with Crippen molar-refractivity contribution in [2.24, 2.45) is 0 Å². The Morgan fingerprint density at radius 2 is 1.83 bits per heavy atom. The Kier molecular flexibility index (Phi) is 2.56. The summed E-state index contributed by atoms with van der Waals surface area (Å²) in [4.78, 5) is 3.30. The zero-order valence-electron chi connectivity index (χ0n) is 10.4. The number of anilines is 1. The molecule has 0 bridgehead atoms. The molecule has 18 heavy (non-hydrogen) atoms. The molecule has 3 N–H and O–H groups in total. The lowest BCUT2D eigenvalue weighted by Crippen LogP contribution is -1.97. The number of H-pyrrole nitrogens is 1. The van der Waals surface area contributed by atoms with Crippen molar-refractivity contribution in [1.29, 1.82) is 0 Å². The van der Waals surface area contributed by atoms with E-state index in [0.29, 0.717) is 0 Å². The van der Waals surface area contributed by atoms with E-state index in [1.165, 1.54) is 22.0 Å². The van der Waals surface area contributed by atoms with Gasteiger partial charge >= 0.3 is 0 Å². The normalized spacial score (nSPS) is 10.9. The molecule has 0 unspecified atom stereocenters. The van der Waals surface area contributed by atoms with E-state index in [1.807, 2.05) is 19.1 Å². The summed E-state index contributed by atoms with van der Waals surface area (Å²) in [5, 5.41) is 1.28. The summed E-state index contributed by atoms with van der Waals surface area (Å²) in [5.74, 6) is 0. The predicted octanol–water partition coefficient (Wildman–Crippen LogP) is 3.65. The second-order valence-corrected chi connectivity index (χ2v) is 4.68. The van der Waals surface area contributed by atoms with Crippen LogP contribution in [0.25, 0.3) is 10.9 Å². The van der Waals surface area contributed by atoms with Crippen molar-refractivity contribution in [2.75, 3.05) is 5.73 Å². The van der Waals surface area contributed by atoms with Gasteiger partial charge in [-0.3, -0.25) is 0 Å². The van der Waals surface area contributed by atoms with E-state index in [0.717, 1.165) is 17.7 Å². The molecule has 0 atom stereocenters. The molecule has 3 rings (SSSR count). The van der Waals surface area contributed by atoms with Gasteiger partial charge in [0.1, 0.15) is 0 Å². The fourth-order valence-electron chi connectivity index (χ4n) is 2.38. The van der Waals surface area contributed by atoms with Crippen molar-refractivity contribution in [3.05, 3.63) is 65.4 Å². The summed E-state index contributed by atoms with van der Waals surface area (Å²) in [5.41, 5.74) is 11.9. The van der Waals surface area contributed by atoms with Gasteiger partial charge in [-0.2, -0.15) is 0 Å². The Bertz CT molecular complexity index is 695. The van der Waals surface area contributed by atoms with Gasteiger partial charge in [-0.25, -0.2) is 0 Å². The van der Waals surface area contributed by atoms with Crippen LogP contribution >= 0.6 is 0 Å². The Morgan fingerprint density at radius 3 is 2.72 bits per heavy atom. The Balaban J connectivity index is 2.04. The van der Waals surface area contributed by atoms with Crippen LogP contribution in [0, 0.1) is 6.92 Å². The van der Waals surface area contributed by atoms with Gasteiger partial charge in [0.25, 0.3) is 0 Å². The molecule has 0 aliphatic carbocycles. The molecule has 0 amide bonds. The molecule has 2 nitrogen and oxygen atoms in total. The van der Waals surface area contributed by atoms with Crippen molar-refractivity contribution in [3.63, 3.8) is 0 Å². The number of para-hydroxylation sites is 2. The minimum atomic E-state index is 0.873. The van der Waals surface area contributed by atoms with Crippen LogP contribution in [0.5, 0.6) is 0 Å². The number of hydrogen-bond acceptors (Lipinski definition) is 1. The van der Waals surface area contributed by atoms with Gasteiger partial charge in [-0.1, -0.05) is 36.4 Å². The van der Waals surface area contributed by atoms with E-state index in [9.17, 15) is 0 Å². The van der Waals surface area contributed by atoms with Crippen molar-refractivity contribution in [3.8, 4) is 0 Å². The zero-order valence-corrected chi connectivity index (χ0v) is 10.4. The minimum absolute atomic E-state index is 0.873. The fraction of sp³-hybridized carbons (Fsp3) is 0.125. The number of hydrogen-bond donors (Lipinski definition) is 2. The SMILES string of the molecule is Cc1cccc(Cc2c[nH]c3ccccc23)c1N. The topological polar surface area (TPSA) is 41.8 Å². The monoisotopic (exact) mass is 236 g/mol. The first-order valence-electron chi connectivity index (χ1n) is 6.14. The van der Waals surface area contributed by atoms with Crippen molar-refractivity contribution < 1.29 is 0 Å². The number of nitrogens with two attached hydrogens (primary N) is 1. The first-order chi connectivity index (χ1) is 8.75. The molecule has 0 saturated heterocycles. The Labute approximate surface area is 106 Å². The highest BCUT2D eigenvalue weighted by Crippen LogP contribution is 2.24. The highest BCUT2D eigenvalue weighted by Gasteiger charge is 2.07. The van der Waals surface area contributed by atoms with Crippen LogP contribution in [0.2, 0.25) is 0 Å². The van der Waals surface area contributed by atoms with E-state index in [-0.39, 0.29) is 0 Å². The molecule has 90 valence electrons. The molecule has 2 heteroatoms. The van der Waals surface area contributed by atoms with Crippen LogP contribution in [0.3, 0.4) is 0 Å². The number of benzene rings is 2.